The number of aliphatic hydroxyl groups excluding tert-OH is 1. The van der Waals surface area contributed by atoms with E-state index in [4.69, 9.17) is 0 Å². The van der Waals surface area contributed by atoms with E-state index in [1.54, 1.807) is 0 Å². The SMILES string of the molecule is CCCCN(CC)C1CCc2ccccc2C1O. The van der Waals surface area contributed by atoms with Crippen LogP contribution >= 0.6 is 0 Å². The molecule has 18 heavy (non-hydrogen) atoms. The van der Waals surface area contributed by atoms with E-state index >= 15 is 0 Å². The minimum atomic E-state index is -0.313. The maximum atomic E-state index is 10.6. The van der Waals surface area contributed by atoms with Crippen LogP contribution in [0.4, 0.5) is 0 Å². The summed E-state index contributed by atoms with van der Waals surface area (Å²) in [5.41, 5.74) is 2.47. The Hall–Kier alpha value is -0.860. The number of unbranched alkanes of at least 4 members (excludes halogenated alkanes) is 1. The fourth-order valence-electron chi connectivity index (χ4n) is 3.02. The number of aryl methyl sites for hydroxylation is 1. The fraction of sp³-hybridized carbons (Fsp3) is 0.625. The van der Waals surface area contributed by atoms with Crippen LogP contribution in [0.2, 0.25) is 0 Å². The van der Waals surface area contributed by atoms with Crippen molar-refractivity contribution >= 4 is 0 Å². The molecule has 0 radical (unpaired) electrons. The Kier molecular flexibility index (Phi) is 4.79. The van der Waals surface area contributed by atoms with Gasteiger partial charge in [0.1, 0.15) is 0 Å². The lowest BCUT2D eigenvalue weighted by atomic mass is 9.85. The van der Waals surface area contributed by atoms with E-state index < -0.39 is 0 Å². The van der Waals surface area contributed by atoms with Crippen molar-refractivity contribution < 1.29 is 5.11 Å². The van der Waals surface area contributed by atoms with Crippen molar-refractivity contribution in [2.75, 3.05) is 13.1 Å². The molecule has 2 nitrogen and oxygen atoms in total. The summed E-state index contributed by atoms with van der Waals surface area (Å²) in [7, 11) is 0. The molecule has 0 bridgehead atoms. The third-order valence-corrected chi connectivity index (χ3v) is 4.12. The summed E-state index contributed by atoms with van der Waals surface area (Å²) < 4.78 is 0. The predicted octanol–water partition coefficient (Wildman–Crippen LogP) is 3.16. The molecule has 1 aliphatic rings. The van der Waals surface area contributed by atoms with Gasteiger partial charge in [-0.1, -0.05) is 44.5 Å². The van der Waals surface area contributed by atoms with Crippen LogP contribution in [0.5, 0.6) is 0 Å². The number of likely N-dealkylation sites (N-methyl/N-ethyl adjacent to an activating group) is 1. The highest BCUT2D eigenvalue weighted by molar-refractivity contribution is 5.32. The summed E-state index contributed by atoms with van der Waals surface area (Å²) in [5, 5.41) is 10.6. The first-order chi connectivity index (χ1) is 8.77. The fourth-order valence-corrected chi connectivity index (χ4v) is 3.02. The quantitative estimate of drug-likeness (QED) is 0.864. The molecule has 0 amide bonds. The van der Waals surface area contributed by atoms with Crippen molar-refractivity contribution in [1.29, 1.82) is 0 Å². The zero-order valence-electron chi connectivity index (χ0n) is 11.6. The predicted molar refractivity (Wildman–Crippen MR) is 75.7 cm³/mol. The van der Waals surface area contributed by atoms with Gasteiger partial charge in [-0.3, -0.25) is 4.90 Å². The highest BCUT2D eigenvalue weighted by atomic mass is 16.3. The molecule has 100 valence electrons. The molecule has 0 spiro atoms. The summed E-state index contributed by atoms with van der Waals surface area (Å²) in [6, 6.07) is 8.64. The van der Waals surface area contributed by atoms with Crippen molar-refractivity contribution in [2.45, 2.75) is 51.7 Å². The molecule has 0 heterocycles. The first-order valence-electron chi connectivity index (χ1n) is 7.27. The topological polar surface area (TPSA) is 23.5 Å². The van der Waals surface area contributed by atoms with E-state index in [9.17, 15) is 5.11 Å². The van der Waals surface area contributed by atoms with E-state index in [1.807, 2.05) is 6.07 Å². The third-order valence-electron chi connectivity index (χ3n) is 4.12. The van der Waals surface area contributed by atoms with Crippen LogP contribution in [0.3, 0.4) is 0 Å². The molecule has 2 rings (SSSR count). The third kappa shape index (κ3) is 2.76. The molecule has 1 aliphatic carbocycles. The van der Waals surface area contributed by atoms with Gasteiger partial charge in [-0.15, -0.1) is 0 Å². The number of rotatable bonds is 5. The van der Waals surface area contributed by atoms with E-state index in [1.165, 1.54) is 18.4 Å². The summed E-state index contributed by atoms with van der Waals surface area (Å²) >= 11 is 0. The Labute approximate surface area is 111 Å². The minimum Gasteiger partial charge on any atom is -0.387 e. The van der Waals surface area contributed by atoms with Crippen molar-refractivity contribution in [3.05, 3.63) is 35.4 Å². The van der Waals surface area contributed by atoms with Crippen molar-refractivity contribution in [3.8, 4) is 0 Å². The molecule has 0 fully saturated rings. The molecule has 2 heteroatoms. The molecule has 0 aliphatic heterocycles. The molecule has 2 unspecified atom stereocenters. The normalized spacial score (nSPS) is 23.1. The first kappa shape index (κ1) is 13.6. The number of fused-ring (bicyclic) bond motifs is 1. The summed E-state index contributed by atoms with van der Waals surface area (Å²) in [6.07, 6.45) is 4.30. The average molecular weight is 247 g/mol. The average Bonchev–Trinajstić information content (AvgIpc) is 2.42. The summed E-state index contributed by atoms with van der Waals surface area (Å²) in [5.74, 6) is 0. The van der Waals surface area contributed by atoms with Crippen LogP contribution in [-0.2, 0) is 6.42 Å². The van der Waals surface area contributed by atoms with Crippen LogP contribution in [0, 0.1) is 0 Å². The molecule has 0 saturated carbocycles. The van der Waals surface area contributed by atoms with Crippen LogP contribution in [0.15, 0.2) is 24.3 Å². The number of aliphatic hydroxyl groups is 1. The lowest BCUT2D eigenvalue weighted by molar-refractivity contribution is 0.0379. The minimum absolute atomic E-state index is 0.302. The van der Waals surface area contributed by atoms with Gasteiger partial charge in [-0.2, -0.15) is 0 Å². The van der Waals surface area contributed by atoms with Crippen LogP contribution in [-0.4, -0.2) is 29.1 Å². The zero-order chi connectivity index (χ0) is 13.0. The van der Waals surface area contributed by atoms with Crippen LogP contribution in [0.25, 0.3) is 0 Å². The molecule has 1 aromatic carbocycles. The van der Waals surface area contributed by atoms with Gasteiger partial charge in [0.05, 0.1) is 6.10 Å². The largest absolute Gasteiger partial charge is 0.387 e. The maximum absolute atomic E-state index is 10.6. The molecule has 1 N–H and O–H groups in total. The van der Waals surface area contributed by atoms with Gasteiger partial charge in [0.2, 0.25) is 0 Å². The second-order valence-electron chi connectivity index (χ2n) is 5.23. The Morgan fingerprint density at radius 2 is 2.06 bits per heavy atom. The van der Waals surface area contributed by atoms with Gasteiger partial charge in [0.25, 0.3) is 0 Å². The van der Waals surface area contributed by atoms with Crippen molar-refractivity contribution in [2.24, 2.45) is 0 Å². The lowest BCUT2D eigenvalue weighted by Crippen LogP contribution is -2.42. The number of nitrogens with zero attached hydrogens (tertiary/aromatic N) is 1. The van der Waals surface area contributed by atoms with Crippen LogP contribution in [0.1, 0.15) is 50.3 Å². The number of hydrogen-bond donors (Lipinski definition) is 1. The van der Waals surface area contributed by atoms with Crippen molar-refractivity contribution in [3.63, 3.8) is 0 Å². The maximum Gasteiger partial charge on any atom is 0.0947 e. The Morgan fingerprint density at radius 1 is 1.28 bits per heavy atom. The highest BCUT2D eigenvalue weighted by Gasteiger charge is 2.30. The van der Waals surface area contributed by atoms with Gasteiger partial charge in [0.15, 0.2) is 0 Å². The molecular formula is C16H25NO. The Morgan fingerprint density at radius 3 is 2.78 bits per heavy atom. The van der Waals surface area contributed by atoms with Gasteiger partial charge in [0, 0.05) is 6.04 Å². The van der Waals surface area contributed by atoms with E-state index in [0.717, 1.165) is 31.5 Å². The van der Waals surface area contributed by atoms with E-state index in [0.29, 0.717) is 6.04 Å². The molecule has 1 aromatic rings. The van der Waals surface area contributed by atoms with E-state index in [-0.39, 0.29) is 6.10 Å². The second-order valence-corrected chi connectivity index (χ2v) is 5.23. The lowest BCUT2D eigenvalue weighted by Gasteiger charge is -2.38. The van der Waals surface area contributed by atoms with Crippen molar-refractivity contribution in [1.82, 2.24) is 4.90 Å². The van der Waals surface area contributed by atoms with Gasteiger partial charge >= 0.3 is 0 Å². The highest BCUT2D eigenvalue weighted by Crippen LogP contribution is 2.32. The summed E-state index contributed by atoms with van der Waals surface area (Å²) in [4.78, 5) is 2.45. The zero-order valence-corrected chi connectivity index (χ0v) is 11.6. The van der Waals surface area contributed by atoms with Crippen LogP contribution < -0.4 is 0 Å². The monoisotopic (exact) mass is 247 g/mol. The van der Waals surface area contributed by atoms with E-state index in [2.05, 4.69) is 36.9 Å². The molecular weight excluding hydrogens is 222 g/mol. The smallest absolute Gasteiger partial charge is 0.0947 e. The Balaban J connectivity index is 2.12. The standard InChI is InChI=1S/C16H25NO/c1-3-5-12-17(4-2)15-11-10-13-8-6-7-9-14(13)16(15)18/h6-9,15-16,18H,3-5,10-12H2,1-2H3. The summed E-state index contributed by atoms with van der Waals surface area (Å²) in [6.45, 7) is 6.56. The molecule has 0 aromatic heterocycles. The molecule has 0 saturated heterocycles. The van der Waals surface area contributed by atoms with Gasteiger partial charge < -0.3 is 5.11 Å². The molecule has 2 atom stereocenters. The first-order valence-corrected chi connectivity index (χ1v) is 7.27. The second kappa shape index (κ2) is 6.35. The van der Waals surface area contributed by atoms with Gasteiger partial charge in [-0.25, -0.2) is 0 Å². The number of benzene rings is 1. The Bertz CT molecular complexity index is 377. The number of hydrogen-bond acceptors (Lipinski definition) is 2. The van der Waals surface area contributed by atoms with Gasteiger partial charge in [-0.05, 0) is 43.5 Å².